The molecule has 2 aliphatic carbocycles. The number of hydrogen-bond acceptors (Lipinski definition) is 3. The maximum atomic E-state index is 9.83. The Bertz CT molecular complexity index is 268. The minimum Gasteiger partial charge on any atom is -0.394 e. The van der Waals surface area contributed by atoms with Crippen LogP contribution in [0.4, 0.5) is 0 Å². The molecule has 0 radical (unpaired) electrons. The molecule has 3 nitrogen and oxygen atoms in total. The lowest BCUT2D eigenvalue weighted by Gasteiger charge is -2.35. The first kappa shape index (κ1) is 16.3. The molecule has 0 aromatic rings. The second kappa shape index (κ2) is 8.35. The molecule has 20 heavy (non-hydrogen) atoms. The monoisotopic (exact) mass is 283 g/mol. The fraction of sp³-hybridized carbons (Fsp3) is 1.00. The van der Waals surface area contributed by atoms with Crippen molar-refractivity contribution in [2.45, 2.75) is 70.3 Å². The minimum atomic E-state index is -0.0205. The molecule has 118 valence electrons. The van der Waals surface area contributed by atoms with Crippen molar-refractivity contribution in [1.29, 1.82) is 0 Å². The summed E-state index contributed by atoms with van der Waals surface area (Å²) in [4.78, 5) is 0. The van der Waals surface area contributed by atoms with Gasteiger partial charge in [-0.1, -0.05) is 32.6 Å². The van der Waals surface area contributed by atoms with Gasteiger partial charge in [0.2, 0.25) is 0 Å². The van der Waals surface area contributed by atoms with Crippen molar-refractivity contribution in [2.75, 3.05) is 26.4 Å². The molecule has 0 spiro atoms. The van der Waals surface area contributed by atoms with Crippen molar-refractivity contribution in [3.63, 3.8) is 0 Å². The van der Waals surface area contributed by atoms with Gasteiger partial charge in [-0.05, 0) is 50.5 Å². The van der Waals surface area contributed by atoms with Crippen LogP contribution in [0, 0.1) is 11.8 Å². The average molecular weight is 283 g/mol. The van der Waals surface area contributed by atoms with Gasteiger partial charge < -0.3 is 15.2 Å². The molecule has 0 aromatic carbocycles. The highest BCUT2D eigenvalue weighted by atomic mass is 16.5. The quantitative estimate of drug-likeness (QED) is 0.605. The zero-order chi connectivity index (χ0) is 14.3. The van der Waals surface area contributed by atoms with Crippen LogP contribution in [0.15, 0.2) is 0 Å². The van der Waals surface area contributed by atoms with Gasteiger partial charge in [-0.2, -0.15) is 0 Å². The van der Waals surface area contributed by atoms with Crippen molar-refractivity contribution in [1.82, 2.24) is 5.32 Å². The van der Waals surface area contributed by atoms with Crippen molar-refractivity contribution in [3.8, 4) is 0 Å². The van der Waals surface area contributed by atoms with E-state index in [4.69, 9.17) is 4.74 Å². The zero-order valence-corrected chi connectivity index (χ0v) is 13.2. The van der Waals surface area contributed by atoms with E-state index in [0.717, 1.165) is 44.9 Å². The smallest absolute Gasteiger partial charge is 0.0616 e. The lowest BCUT2D eigenvalue weighted by molar-refractivity contribution is 0.0686. The highest BCUT2D eigenvalue weighted by Crippen LogP contribution is 2.37. The van der Waals surface area contributed by atoms with E-state index in [0.29, 0.717) is 5.92 Å². The van der Waals surface area contributed by atoms with Gasteiger partial charge in [0.15, 0.2) is 0 Å². The third kappa shape index (κ3) is 4.19. The average Bonchev–Trinajstić information content (AvgIpc) is 2.82. The third-order valence-electron chi connectivity index (χ3n) is 5.47. The van der Waals surface area contributed by atoms with E-state index < -0.39 is 0 Å². The summed E-state index contributed by atoms with van der Waals surface area (Å²) >= 11 is 0. The van der Waals surface area contributed by atoms with E-state index >= 15 is 0 Å². The second-order valence-electron chi connectivity index (χ2n) is 6.82. The molecule has 2 N–H and O–H groups in total. The maximum Gasteiger partial charge on any atom is 0.0616 e. The van der Waals surface area contributed by atoms with Gasteiger partial charge in [0.05, 0.1) is 6.61 Å². The number of hydrogen-bond donors (Lipinski definition) is 2. The van der Waals surface area contributed by atoms with Crippen LogP contribution in [0.3, 0.4) is 0 Å². The SMILES string of the molecule is CCCNC1(CO)CCCC1CCOCCC1CCC1. The number of aliphatic hydroxyl groups is 1. The Morgan fingerprint density at radius 3 is 2.60 bits per heavy atom. The molecule has 2 atom stereocenters. The van der Waals surface area contributed by atoms with Gasteiger partial charge in [-0.3, -0.25) is 0 Å². The van der Waals surface area contributed by atoms with Gasteiger partial charge in [-0.25, -0.2) is 0 Å². The highest BCUT2D eigenvalue weighted by Gasteiger charge is 2.41. The molecule has 0 aromatic heterocycles. The number of rotatable bonds is 10. The summed E-state index contributed by atoms with van der Waals surface area (Å²) < 4.78 is 5.83. The summed E-state index contributed by atoms with van der Waals surface area (Å²) in [6.07, 6.45) is 11.3. The largest absolute Gasteiger partial charge is 0.394 e. The van der Waals surface area contributed by atoms with Crippen LogP contribution in [0.2, 0.25) is 0 Å². The molecule has 2 unspecified atom stereocenters. The Kier molecular flexibility index (Phi) is 6.79. The van der Waals surface area contributed by atoms with Gasteiger partial charge in [0, 0.05) is 18.8 Å². The number of ether oxygens (including phenoxy) is 1. The molecule has 2 aliphatic rings. The van der Waals surface area contributed by atoms with E-state index in [1.807, 2.05) is 0 Å². The molecular weight excluding hydrogens is 250 g/mol. The van der Waals surface area contributed by atoms with Crippen molar-refractivity contribution in [3.05, 3.63) is 0 Å². The van der Waals surface area contributed by atoms with Crippen molar-refractivity contribution < 1.29 is 9.84 Å². The molecule has 0 aliphatic heterocycles. The van der Waals surface area contributed by atoms with Gasteiger partial charge >= 0.3 is 0 Å². The van der Waals surface area contributed by atoms with E-state index in [-0.39, 0.29) is 12.1 Å². The molecule has 2 fully saturated rings. The van der Waals surface area contributed by atoms with Crippen LogP contribution in [0.5, 0.6) is 0 Å². The summed E-state index contributed by atoms with van der Waals surface area (Å²) in [5.41, 5.74) is -0.0205. The minimum absolute atomic E-state index is 0.0205. The Morgan fingerprint density at radius 1 is 1.15 bits per heavy atom. The number of nitrogens with one attached hydrogen (secondary N) is 1. The van der Waals surface area contributed by atoms with Gasteiger partial charge in [0.1, 0.15) is 0 Å². The Hall–Kier alpha value is -0.120. The van der Waals surface area contributed by atoms with Crippen LogP contribution < -0.4 is 5.32 Å². The van der Waals surface area contributed by atoms with Crippen LogP contribution >= 0.6 is 0 Å². The summed E-state index contributed by atoms with van der Waals surface area (Å²) in [5, 5.41) is 13.4. The van der Waals surface area contributed by atoms with Crippen LogP contribution in [-0.2, 0) is 4.74 Å². The molecule has 0 heterocycles. The lowest BCUT2D eigenvalue weighted by Crippen LogP contribution is -2.51. The zero-order valence-electron chi connectivity index (χ0n) is 13.2. The van der Waals surface area contributed by atoms with E-state index in [1.54, 1.807) is 0 Å². The molecule has 0 saturated heterocycles. The third-order valence-corrected chi connectivity index (χ3v) is 5.47. The van der Waals surface area contributed by atoms with Crippen molar-refractivity contribution in [2.24, 2.45) is 11.8 Å². The van der Waals surface area contributed by atoms with Gasteiger partial charge in [0.25, 0.3) is 0 Å². The molecule has 2 saturated carbocycles. The van der Waals surface area contributed by atoms with Crippen LogP contribution in [0.25, 0.3) is 0 Å². The summed E-state index contributed by atoms with van der Waals surface area (Å²) in [5.74, 6) is 1.53. The standard InChI is InChI=1S/C17H33NO2/c1-2-11-18-17(14-19)10-4-7-16(17)9-13-20-12-8-15-5-3-6-15/h15-16,18-19H,2-14H2,1H3. The van der Waals surface area contributed by atoms with Crippen LogP contribution in [-0.4, -0.2) is 37.0 Å². The maximum absolute atomic E-state index is 9.83. The van der Waals surface area contributed by atoms with E-state index in [9.17, 15) is 5.11 Å². The normalized spacial score (nSPS) is 30.6. The fourth-order valence-electron chi connectivity index (χ4n) is 3.79. The molecule has 0 amide bonds. The predicted octanol–water partition coefficient (Wildman–Crippen LogP) is 3.11. The first-order valence-corrected chi connectivity index (χ1v) is 8.74. The molecular formula is C17H33NO2. The predicted molar refractivity (Wildman–Crippen MR) is 82.8 cm³/mol. The molecule has 2 rings (SSSR count). The number of aliphatic hydroxyl groups excluding tert-OH is 1. The lowest BCUT2D eigenvalue weighted by atomic mass is 9.83. The van der Waals surface area contributed by atoms with E-state index in [1.165, 1.54) is 38.5 Å². The first-order valence-electron chi connectivity index (χ1n) is 8.74. The second-order valence-corrected chi connectivity index (χ2v) is 6.82. The first-order chi connectivity index (χ1) is 9.80. The van der Waals surface area contributed by atoms with Crippen LogP contribution in [0.1, 0.15) is 64.7 Å². The Balaban J connectivity index is 1.64. The molecule has 0 bridgehead atoms. The van der Waals surface area contributed by atoms with Gasteiger partial charge in [-0.15, -0.1) is 0 Å². The fourth-order valence-corrected chi connectivity index (χ4v) is 3.79. The summed E-state index contributed by atoms with van der Waals surface area (Å²) in [6.45, 7) is 5.28. The summed E-state index contributed by atoms with van der Waals surface area (Å²) in [7, 11) is 0. The topological polar surface area (TPSA) is 41.5 Å². The Morgan fingerprint density at radius 2 is 1.95 bits per heavy atom. The molecule has 3 heteroatoms. The van der Waals surface area contributed by atoms with E-state index in [2.05, 4.69) is 12.2 Å². The summed E-state index contributed by atoms with van der Waals surface area (Å²) in [6, 6.07) is 0. The van der Waals surface area contributed by atoms with Crippen molar-refractivity contribution >= 4 is 0 Å². The Labute approximate surface area is 124 Å². The highest BCUT2D eigenvalue weighted by molar-refractivity contribution is 4.98.